The van der Waals surface area contributed by atoms with Crippen LogP contribution in [0.3, 0.4) is 0 Å². The third kappa shape index (κ3) is 9.20. The number of amides is 3. The van der Waals surface area contributed by atoms with Crippen LogP contribution >= 0.6 is 0 Å². The summed E-state index contributed by atoms with van der Waals surface area (Å²) in [5.74, 6) is -2.72. The third-order valence-corrected chi connectivity index (χ3v) is 4.15. The van der Waals surface area contributed by atoms with Crippen LogP contribution in [0.15, 0.2) is 30.3 Å². The molecule has 9 nitrogen and oxygen atoms in total. The van der Waals surface area contributed by atoms with Gasteiger partial charge < -0.3 is 26.8 Å². The Labute approximate surface area is 170 Å². The fraction of sp³-hybridized carbons (Fsp3) is 0.500. The Bertz CT molecular complexity index is 708. The van der Waals surface area contributed by atoms with Gasteiger partial charge in [-0.2, -0.15) is 0 Å². The number of hydrogen-bond acceptors (Lipinski definition) is 5. The van der Waals surface area contributed by atoms with E-state index in [4.69, 9.17) is 10.8 Å². The number of carboxylic acid groups (broad SMARTS) is 1. The van der Waals surface area contributed by atoms with Crippen molar-refractivity contribution >= 4 is 23.7 Å². The standard InChI is InChI=1S/C20H30N4O5/c1-12(2)9-16(19(27)23-13(3)20(28)29)24-17(25)11-22-18(26)15(21)10-14-7-5-4-6-8-14/h4-8,12-13,15-16H,9-11,21H2,1-3H3,(H,22,26)(H,23,27)(H,24,25)(H,28,29). The number of carboxylic acids is 1. The molecule has 3 atom stereocenters. The molecule has 0 bridgehead atoms. The maximum Gasteiger partial charge on any atom is 0.325 e. The SMILES string of the molecule is CC(C)CC(NC(=O)CNC(=O)C(N)Cc1ccccc1)C(=O)NC(C)C(=O)O. The highest BCUT2D eigenvalue weighted by Crippen LogP contribution is 2.06. The molecule has 6 N–H and O–H groups in total. The van der Waals surface area contributed by atoms with Crippen LogP contribution in [0, 0.1) is 5.92 Å². The first-order valence-corrected chi connectivity index (χ1v) is 9.49. The van der Waals surface area contributed by atoms with Gasteiger partial charge in [-0.25, -0.2) is 0 Å². The summed E-state index contributed by atoms with van der Waals surface area (Å²) < 4.78 is 0. The smallest absolute Gasteiger partial charge is 0.325 e. The molecule has 0 saturated carbocycles. The summed E-state index contributed by atoms with van der Waals surface area (Å²) in [5, 5.41) is 16.3. The summed E-state index contributed by atoms with van der Waals surface area (Å²) in [5.41, 5.74) is 6.77. The number of carbonyl (C=O) groups is 4. The van der Waals surface area contributed by atoms with Crippen molar-refractivity contribution in [3.05, 3.63) is 35.9 Å². The van der Waals surface area contributed by atoms with Gasteiger partial charge >= 0.3 is 5.97 Å². The van der Waals surface area contributed by atoms with E-state index in [1.165, 1.54) is 6.92 Å². The van der Waals surface area contributed by atoms with E-state index < -0.39 is 41.8 Å². The van der Waals surface area contributed by atoms with Gasteiger partial charge in [0.2, 0.25) is 17.7 Å². The van der Waals surface area contributed by atoms with Crippen LogP contribution in [0.5, 0.6) is 0 Å². The van der Waals surface area contributed by atoms with Crippen LogP contribution in [0.4, 0.5) is 0 Å². The second kappa shape index (κ2) is 11.8. The zero-order valence-electron chi connectivity index (χ0n) is 17.0. The number of benzene rings is 1. The van der Waals surface area contributed by atoms with Crippen LogP contribution in [0.2, 0.25) is 0 Å². The van der Waals surface area contributed by atoms with Crippen molar-refractivity contribution < 1.29 is 24.3 Å². The Kier molecular flexibility index (Phi) is 9.81. The lowest BCUT2D eigenvalue weighted by atomic mass is 10.0. The van der Waals surface area contributed by atoms with E-state index in [1.807, 2.05) is 44.2 Å². The van der Waals surface area contributed by atoms with Crippen LogP contribution in [-0.4, -0.2) is 53.5 Å². The Morgan fingerprint density at radius 2 is 1.62 bits per heavy atom. The quantitative estimate of drug-likeness (QED) is 0.343. The summed E-state index contributed by atoms with van der Waals surface area (Å²) in [6.07, 6.45) is 0.658. The molecule has 0 aliphatic carbocycles. The van der Waals surface area contributed by atoms with Crippen molar-refractivity contribution in [3.8, 4) is 0 Å². The summed E-state index contributed by atoms with van der Waals surface area (Å²) in [6.45, 7) is 4.75. The van der Waals surface area contributed by atoms with Gasteiger partial charge in [0.25, 0.3) is 0 Å². The van der Waals surface area contributed by atoms with E-state index in [9.17, 15) is 19.2 Å². The molecule has 0 saturated heterocycles. The van der Waals surface area contributed by atoms with Gasteiger partial charge in [0.05, 0.1) is 12.6 Å². The van der Waals surface area contributed by atoms with Gasteiger partial charge in [0, 0.05) is 0 Å². The van der Waals surface area contributed by atoms with Gasteiger partial charge in [-0.05, 0) is 31.2 Å². The van der Waals surface area contributed by atoms with Crippen molar-refractivity contribution in [1.29, 1.82) is 0 Å². The fourth-order valence-corrected chi connectivity index (χ4v) is 2.58. The molecule has 9 heteroatoms. The molecule has 1 aromatic rings. The molecule has 29 heavy (non-hydrogen) atoms. The monoisotopic (exact) mass is 406 g/mol. The van der Waals surface area contributed by atoms with E-state index in [-0.39, 0.29) is 12.5 Å². The zero-order chi connectivity index (χ0) is 22.0. The lowest BCUT2D eigenvalue weighted by molar-refractivity contribution is -0.141. The number of aliphatic carboxylic acids is 1. The van der Waals surface area contributed by atoms with Gasteiger partial charge in [0.15, 0.2) is 0 Å². The molecule has 1 aromatic carbocycles. The fourth-order valence-electron chi connectivity index (χ4n) is 2.58. The minimum Gasteiger partial charge on any atom is -0.480 e. The lowest BCUT2D eigenvalue weighted by Crippen LogP contribution is -2.53. The minimum atomic E-state index is -1.17. The first kappa shape index (κ1) is 24.1. The maximum atomic E-state index is 12.3. The molecule has 3 unspecified atom stereocenters. The van der Waals surface area contributed by atoms with E-state index in [2.05, 4.69) is 16.0 Å². The van der Waals surface area contributed by atoms with Crippen LogP contribution in [0.1, 0.15) is 32.8 Å². The highest BCUT2D eigenvalue weighted by molar-refractivity contribution is 5.92. The number of carbonyl (C=O) groups excluding carboxylic acids is 3. The first-order chi connectivity index (χ1) is 13.6. The molecule has 1 rings (SSSR count). The highest BCUT2D eigenvalue weighted by atomic mass is 16.4. The van der Waals surface area contributed by atoms with Crippen molar-refractivity contribution in [3.63, 3.8) is 0 Å². The minimum absolute atomic E-state index is 0.0834. The second-order valence-corrected chi connectivity index (χ2v) is 7.33. The predicted octanol–water partition coefficient (Wildman–Crippen LogP) is -0.207. The Morgan fingerprint density at radius 3 is 2.17 bits per heavy atom. The lowest BCUT2D eigenvalue weighted by Gasteiger charge is -2.21. The molecule has 0 heterocycles. The molecular formula is C20H30N4O5. The summed E-state index contributed by atoms with van der Waals surface area (Å²) >= 11 is 0. The maximum absolute atomic E-state index is 12.3. The third-order valence-electron chi connectivity index (χ3n) is 4.15. The number of nitrogens with two attached hydrogens (primary N) is 1. The molecule has 0 spiro atoms. The normalized spacial score (nSPS) is 13.8. The molecule has 3 amide bonds. The molecule has 0 aliphatic rings. The first-order valence-electron chi connectivity index (χ1n) is 9.49. The summed E-state index contributed by atoms with van der Waals surface area (Å²) in [4.78, 5) is 47.5. The molecule has 160 valence electrons. The van der Waals surface area contributed by atoms with E-state index >= 15 is 0 Å². The van der Waals surface area contributed by atoms with Crippen LogP contribution in [0.25, 0.3) is 0 Å². The second-order valence-electron chi connectivity index (χ2n) is 7.33. The van der Waals surface area contributed by atoms with Crippen molar-refractivity contribution in [2.45, 2.75) is 51.7 Å². The summed E-state index contributed by atoms with van der Waals surface area (Å²) in [6, 6.07) is 6.47. The van der Waals surface area contributed by atoms with Crippen LogP contribution in [-0.2, 0) is 25.6 Å². The van der Waals surface area contributed by atoms with Gasteiger partial charge in [-0.15, -0.1) is 0 Å². The predicted molar refractivity (Wildman–Crippen MR) is 108 cm³/mol. The van der Waals surface area contributed by atoms with Crippen molar-refractivity contribution in [1.82, 2.24) is 16.0 Å². The zero-order valence-corrected chi connectivity index (χ0v) is 17.0. The average Bonchev–Trinajstić information content (AvgIpc) is 2.65. The number of rotatable bonds is 11. The van der Waals surface area contributed by atoms with E-state index in [1.54, 1.807) is 0 Å². The molecule has 0 radical (unpaired) electrons. The topological polar surface area (TPSA) is 151 Å². The van der Waals surface area contributed by atoms with Gasteiger partial charge in [0.1, 0.15) is 12.1 Å². The summed E-state index contributed by atoms with van der Waals surface area (Å²) in [7, 11) is 0. The number of nitrogens with one attached hydrogen (secondary N) is 3. The Morgan fingerprint density at radius 1 is 1.00 bits per heavy atom. The van der Waals surface area contributed by atoms with E-state index in [0.29, 0.717) is 12.8 Å². The Balaban J connectivity index is 2.55. The largest absolute Gasteiger partial charge is 0.480 e. The molecule has 0 aromatic heterocycles. The molecule has 0 fully saturated rings. The molecular weight excluding hydrogens is 376 g/mol. The average molecular weight is 406 g/mol. The number of hydrogen-bond donors (Lipinski definition) is 5. The molecule has 0 aliphatic heterocycles. The van der Waals surface area contributed by atoms with E-state index in [0.717, 1.165) is 5.56 Å². The van der Waals surface area contributed by atoms with Crippen molar-refractivity contribution in [2.24, 2.45) is 11.7 Å². The Hall–Kier alpha value is -2.94. The van der Waals surface area contributed by atoms with Crippen LogP contribution < -0.4 is 21.7 Å². The van der Waals surface area contributed by atoms with Gasteiger partial charge in [-0.1, -0.05) is 44.2 Å². The highest BCUT2D eigenvalue weighted by Gasteiger charge is 2.25. The van der Waals surface area contributed by atoms with Crippen molar-refractivity contribution in [2.75, 3.05) is 6.54 Å². The van der Waals surface area contributed by atoms with Gasteiger partial charge in [-0.3, -0.25) is 19.2 Å².